The van der Waals surface area contributed by atoms with Crippen molar-refractivity contribution in [2.75, 3.05) is 12.3 Å². The lowest BCUT2D eigenvalue weighted by atomic mass is 10.1. The van der Waals surface area contributed by atoms with Crippen LogP contribution in [0.3, 0.4) is 0 Å². The third-order valence-corrected chi connectivity index (χ3v) is 3.66. The summed E-state index contributed by atoms with van der Waals surface area (Å²) in [5.74, 6) is 0.250. The lowest BCUT2D eigenvalue weighted by molar-refractivity contribution is -0.123. The molecule has 3 heterocycles. The normalized spacial score (nSPS) is 31.3. The van der Waals surface area contributed by atoms with Crippen LogP contribution in [0.5, 0.6) is 0 Å². The van der Waals surface area contributed by atoms with Gasteiger partial charge in [-0.05, 0) is 11.6 Å². The number of anilines is 1. The largest absolute Gasteiger partial charge is 0.393 e. The maximum atomic E-state index is 10.2. The van der Waals surface area contributed by atoms with Crippen molar-refractivity contribution in [3.05, 3.63) is 29.0 Å². The zero-order valence-corrected chi connectivity index (χ0v) is 11.2. The molecule has 1 aliphatic rings. The van der Waals surface area contributed by atoms with E-state index in [0.717, 1.165) is 0 Å². The SMILES string of the molecule is [N-]=[N+]=N[C@]1(CO)O[C@@H](n2ccc3c(N)ncnc32)[C@H](O)[C@@H]1O. The molecule has 2 aromatic rings. The monoisotopic (exact) mass is 307 g/mol. The second kappa shape index (κ2) is 5.09. The first-order chi connectivity index (χ1) is 10.5. The van der Waals surface area contributed by atoms with Gasteiger partial charge in [0.1, 0.15) is 30.0 Å². The highest BCUT2D eigenvalue weighted by molar-refractivity contribution is 5.86. The van der Waals surface area contributed by atoms with Crippen LogP contribution in [0.25, 0.3) is 21.5 Å². The number of aliphatic hydroxyl groups is 3. The van der Waals surface area contributed by atoms with Crippen molar-refractivity contribution in [2.45, 2.75) is 24.2 Å². The summed E-state index contributed by atoms with van der Waals surface area (Å²) in [6, 6.07) is 1.62. The van der Waals surface area contributed by atoms with E-state index in [1.165, 1.54) is 10.9 Å². The van der Waals surface area contributed by atoms with Gasteiger partial charge in [-0.3, -0.25) is 0 Å². The zero-order chi connectivity index (χ0) is 15.9. The van der Waals surface area contributed by atoms with Gasteiger partial charge in [0.2, 0.25) is 5.72 Å². The number of ether oxygens (including phenoxy) is 1. The second-order valence-electron chi connectivity index (χ2n) is 4.86. The highest BCUT2D eigenvalue weighted by Crippen LogP contribution is 2.39. The topological polar surface area (TPSA) is 175 Å². The van der Waals surface area contributed by atoms with Crippen molar-refractivity contribution in [3.8, 4) is 0 Å². The van der Waals surface area contributed by atoms with E-state index >= 15 is 0 Å². The van der Waals surface area contributed by atoms with Crippen molar-refractivity contribution in [2.24, 2.45) is 5.11 Å². The van der Waals surface area contributed by atoms with Gasteiger partial charge in [-0.15, -0.1) is 0 Å². The standard InChI is InChI=1S/C11H13N7O4/c12-8-5-1-2-18(9(5)15-4-14-8)10-6(20)7(21)11(3-19,22-10)16-17-13/h1-2,4,6-7,10,19-21H,3H2,(H2,12,14,15)/t6-,7+,10-,11-/m1/s1. The number of hydrogen-bond acceptors (Lipinski definition) is 8. The Bertz CT molecular complexity index is 758. The molecule has 1 aliphatic heterocycles. The molecule has 22 heavy (non-hydrogen) atoms. The van der Waals surface area contributed by atoms with Gasteiger partial charge in [0, 0.05) is 11.1 Å². The molecule has 1 saturated heterocycles. The van der Waals surface area contributed by atoms with Crippen LogP contribution in [0, 0.1) is 0 Å². The van der Waals surface area contributed by atoms with Crippen LogP contribution in [-0.4, -0.2) is 54.4 Å². The van der Waals surface area contributed by atoms with E-state index in [-0.39, 0.29) is 5.82 Å². The second-order valence-corrected chi connectivity index (χ2v) is 4.86. The number of aromatic nitrogens is 3. The minimum atomic E-state index is -1.96. The van der Waals surface area contributed by atoms with Gasteiger partial charge in [0.05, 0.1) is 12.0 Å². The Kier molecular flexibility index (Phi) is 3.35. The molecule has 0 saturated carbocycles. The molecule has 0 spiro atoms. The van der Waals surface area contributed by atoms with E-state index < -0.39 is 30.8 Å². The van der Waals surface area contributed by atoms with Crippen LogP contribution in [0.4, 0.5) is 5.82 Å². The fraction of sp³-hybridized carbons (Fsp3) is 0.455. The summed E-state index contributed by atoms with van der Waals surface area (Å²) < 4.78 is 6.87. The molecule has 2 aromatic heterocycles. The lowest BCUT2D eigenvalue weighted by Crippen LogP contribution is -2.44. The van der Waals surface area contributed by atoms with E-state index in [1.807, 2.05) is 0 Å². The molecule has 5 N–H and O–H groups in total. The van der Waals surface area contributed by atoms with E-state index in [9.17, 15) is 15.3 Å². The first kappa shape index (κ1) is 14.5. The molecule has 0 bridgehead atoms. The molecule has 116 valence electrons. The summed E-state index contributed by atoms with van der Waals surface area (Å²) in [4.78, 5) is 10.5. The molecule has 0 unspecified atom stereocenters. The Hall–Kier alpha value is -2.43. The summed E-state index contributed by atoms with van der Waals surface area (Å²) in [6.07, 6.45) is -1.36. The smallest absolute Gasteiger partial charge is 0.200 e. The molecule has 0 amide bonds. The molecule has 4 atom stereocenters. The van der Waals surface area contributed by atoms with E-state index in [0.29, 0.717) is 11.0 Å². The number of nitrogens with zero attached hydrogens (tertiary/aromatic N) is 6. The van der Waals surface area contributed by atoms with Crippen LogP contribution in [0.2, 0.25) is 0 Å². The first-order valence-electron chi connectivity index (χ1n) is 6.32. The Labute approximate surface area is 123 Å². The average molecular weight is 307 g/mol. The summed E-state index contributed by atoms with van der Waals surface area (Å²) in [7, 11) is 0. The van der Waals surface area contributed by atoms with Gasteiger partial charge in [-0.25, -0.2) is 9.97 Å². The molecular formula is C11H13N7O4. The van der Waals surface area contributed by atoms with E-state index in [1.54, 1.807) is 12.3 Å². The maximum Gasteiger partial charge on any atom is 0.200 e. The maximum absolute atomic E-state index is 10.2. The number of nitrogen functional groups attached to an aromatic ring is 1. The molecule has 11 heteroatoms. The third-order valence-electron chi connectivity index (χ3n) is 3.66. The fourth-order valence-corrected chi connectivity index (χ4v) is 2.51. The number of rotatable bonds is 3. The number of nitrogens with two attached hydrogens (primary N) is 1. The number of azide groups is 1. The average Bonchev–Trinajstić information content (AvgIpc) is 3.04. The van der Waals surface area contributed by atoms with Crippen molar-refractivity contribution < 1.29 is 20.1 Å². The van der Waals surface area contributed by atoms with Crippen LogP contribution >= 0.6 is 0 Å². The highest BCUT2D eigenvalue weighted by atomic mass is 16.6. The first-order valence-corrected chi connectivity index (χ1v) is 6.32. The zero-order valence-electron chi connectivity index (χ0n) is 11.2. The predicted molar refractivity (Wildman–Crippen MR) is 73.0 cm³/mol. The quantitative estimate of drug-likeness (QED) is 0.328. The van der Waals surface area contributed by atoms with Gasteiger partial charge >= 0.3 is 0 Å². The van der Waals surface area contributed by atoms with Gasteiger partial charge in [-0.2, -0.15) is 0 Å². The molecule has 1 fully saturated rings. The van der Waals surface area contributed by atoms with Gasteiger partial charge in [0.15, 0.2) is 6.23 Å². The minimum absolute atomic E-state index is 0.250. The van der Waals surface area contributed by atoms with Crippen LogP contribution in [0.15, 0.2) is 23.7 Å². The Morgan fingerprint density at radius 1 is 1.50 bits per heavy atom. The van der Waals surface area contributed by atoms with Crippen LogP contribution < -0.4 is 5.73 Å². The number of aliphatic hydroxyl groups excluding tert-OH is 3. The highest BCUT2D eigenvalue weighted by Gasteiger charge is 2.54. The summed E-state index contributed by atoms with van der Waals surface area (Å²) in [5, 5.41) is 33.5. The lowest BCUT2D eigenvalue weighted by Gasteiger charge is -2.23. The summed E-state index contributed by atoms with van der Waals surface area (Å²) >= 11 is 0. The summed E-state index contributed by atoms with van der Waals surface area (Å²) in [6.45, 7) is -0.790. The van der Waals surface area contributed by atoms with Crippen molar-refractivity contribution >= 4 is 16.9 Å². The predicted octanol–water partition coefficient (Wildman–Crippen LogP) is -0.737. The van der Waals surface area contributed by atoms with Crippen molar-refractivity contribution in [1.29, 1.82) is 0 Å². The third kappa shape index (κ3) is 1.89. The number of fused-ring (bicyclic) bond motifs is 1. The van der Waals surface area contributed by atoms with Crippen molar-refractivity contribution in [1.82, 2.24) is 14.5 Å². The Morgan fingerprint density at radius 2 is 2.27 bits per heavy atom. The van der Waals surface area contributed by atoms with Gasteiger partial charge in [-0.1, -0.05) is 5.11 Å². The molecule has 0 aliphatic carbocycles. The molecule has 0 radical (unpaired) electrons. The van der Waals surface area contributed by atoms with Crippen LogP contribution in [0.1, 0.15) is 6.23 Å². The van der Waals surface area contributed by atoms with Gasteiger partial charge < -0.3 is 30.4 Å². The minimum Gasteiger partial charge on any atom is -0.393 e. The molecule has 11 nitrogen and oxygen atoms in total. The fourth-order valence-electron chi connectivity index (χ4n) is 2.51. The van der Waals surface area contributed by atoms with E-state index in [2.05, 4.69) is 20.0 Å². The van der Waals surface area contributed by atoms with E-state index in [4.69, 9.17) is 16.0 Å². The Balaban J connectivity index is 2.08. The number of hydrogen-bond donors (Lipinski definition) is 4. The Morgan fingerprint density at radius 3 is 2.95 bits per heavy atom. The molecular weight excluding hydrogens is 294 g/mol. The van der Waals surface area contributed by atoms with Gasteiger partial charge in [0.25, 0.3) is 0 Å². The van der Waals surface area contributed by atoms with Crippen LogP contribution in [-0.2, 0) is 4.74 Å². The summed E-state index contributed by atoms with van der Waals surface area (Å²) in [5.41, 5.74) is 12.7. The molecule has 3 rings (SSSR count). The van der Waals surface area contributed by atoms with Crippen molar-refractivity contribution in [3.63, 3.8) is 0 Å². The molecule has 0 aromatic carbocycles.